The Morgan fingerprint density at radius 1 is 1.18 bits per heavy atom. The molecule has 6 rings (SSSR count). The second-order valence-corrected chi connectivity index (χ2v) is 16.5. The summed E-state index contributed by atoms with van der Waals surface area (Å²) in [6.45, 7) is 2.56. The highest BCUT2D eigenvalue weighted by Crippen LogP contribution is 2.48. The van der Waals surface area contributed by atoms with Crippen LogP contribution in [0.1, 0.15) is 58.8 Å². The fourth-order valence-electron chi connectivity index (χ4n) is 7.39. The summed E-state index contributed by atoms with van der Waals surface area (Å²) in [4.78, 5) is 59.9. The first-order chi connectivity index (χ1) is 24.2. The zero-order chi connectivity index (χ0) is 36.7. The molecular weight excluding hydrogens is 685 g/mol. The molecule has 2 saturated carbocycles. The second-order valence-electron chi connectivity index (χ2n) is 14.5. The molecule has 4 amide bonds. The Morgan fingerprint density at radius 2 is 1.94 bits per heavy atom. The Labute approximate surface area is 295 Å². The molecular formula is C35H44FN5O9S. The van der Waals surface area contributed by atoms with E-state index >= 15 is 0 Å². The molecule has 0 radical (unpaired) electrons. The van der Waals surface area contributed by atoms with Gasteiger partial charge in [-0.3, -0.25) is 19.1 Å². The van der Waals surface area contributed by atoms with Crippen molar-refractivity contribution in [1.29, 1.82) is 0 Å². The van der Waals surface area contributed by atoms with Gasteiger partial charge in [0.25, 0.3) is 5.91 Å². The first-order valence-electron chi connectivity index (χ1n) is 17.2. The molecule has 276 valence electrons. The van der Waals surface area contributed by atoms with E-state index in [0.29, 0.717) is 30.4 Å². The van der Waals surface area contributed by atoms with E-state index in [1.165, 1.54) is 4.90 Å². The largest absolute Gasteiger partial charge is 0.497 e. The van der Waals surface area contributed by atoms with E-state index in [2.05, 4.69) is 20.3 Å². The molecule has 4 aliphatic rings. The average molecular weight is 730 g/mol. The molecule has 2 aliphatic carbocycles. The number of halogens is 1. The number of amides is 4. The summed E-state index contributed by atoms with van der Waals surface area (Å²) in [5.74, 6) is -2.33. The molecule has 4 N–H and O–H groups in total. The quantitative estimate of drug-likeness (QED) is 0.294. The van der Waals surface area contributed by atoms with Gasteiger partial charge in [-0.1, -0.05) is 26.0 Å². The van der Waals surface area contributed by atoms with Gasteiger partial charge >= 0.3 is 6.09 Å². The minimum Gasteiger partial charge on any atom is -0.497 e. The topological polar surface area (TPSA) is 193 Å². The maximum Gasteiger partial charge on any atom is 0.405 e. The highest BCUT2D eigenvalue weighted by molar-refractivity contribution is 7.91. The van der Waals surface area contributed by atoms with Crippen LogP contribution in [-0.4, -0.2) is 96.0 Å². The summed E-state index contributed by atoms with van der Waals surface area (Å²) < 4.78 is 51.9. The van der Waals surface area contributed by atoms with Crippen LogP contribution < -0.4 is 24.8 Å². The van der Waals surface area contributed by atoms with Gasteiger partial charge in [-0.05, 0) is 80.0 Å². The Balaban J connectivity index is 1.33. The van der Waals surface area contributed by atoms with E-state index in [9.17, 15) is 37.1 Å². The number of ether oxygens (including phenoxy) is 2. The van der Waals surface area contributed by atoms with Crippen LogP contribution in [0.5, 0.6) is 11.6 Å². The van der Waals surface area contributed by atoms with Crippen LogP contribution in [-0.2, 0) is 24.4 Å². The molecule has 0 spiro atoms. The summed E-state index contributed by atoms with van der Waals surface area (Å²) in [5.41, 5.74) is -1.66. The Morgan fingerprint density at radius 3 is 2.63 bits per heavy atom. The van der Waals surface area contributed by atoms with Crippen molar-refractivity contribution < 1.29 is 46.6 Å². The third-order valence-corrected chi connectivity index (χ3v) is 12.9. The Hall–Kier alpha value is -4.47. The lowest BCUT2D eigenvalue weighted by molar-refractivity contribution is -0.142. The van der Waals surface area contributed by atoms with Crippen LogP contribution in [0.4, 0.5) is 9.18 Å². The lowest BCUT2D eigenvalue weighted by Gasteiger charge is -2.32. The summed E-state index contributed by atoms with van der Waals surface area (Å²) in [6, 6.07) is 4.74. The number of hydrogen-bond donors (Lipinski definition) is 4. The minimum atomic E-state index is -4.38. The van der Waals surface area contributed by atoms with Crippen molar-refractivity contribution in [2.24, 2.45) is 17.8 Å². The number of nitrogens with zero attached hydrogens (tertiary/aromatic N) is 2. The number of nitrogens with one attached hydrogen (secondary N) is 3. The number of carboxylic acid groups (broad SMARTS) is 1. The van der Waals surface area contributed by atoms with Gasteiger partial charge in [-0.25, -0.2) is 22.6 Å². The predicted octanol–water partition coefficient (Wildman–Crippen LogP) is 3.06. The van der Waals surface area contributed by atoms with Gasteiger partial charge in [-0.15, -0.1) is 0 Å². The fraction of sp³-hybridized carbons (Fsp3) is 0.571. The molecule has 14 nitrogen and oxygen atoms in total. The van der Waals surface area contributed by atoms with E-state index < -0.39 is 80.8 Å². The number of pyridine rings is 1. The van der Waals surface area contributed by atoms with Crippen LogP contribution >= 0.6 is 0 Å². The van der Waals surface area contributed by atoms with E-state index in [0.717, 1.165) is 5.39 Å². The van der Waals surface area contributed by atoms with E-state index in [1.54, 1.807) is 44.5 Å². The molecule has 1 aromatic carbocycles. The number of fused-ring (bicyclic) bond motifs is 3. The van der Waals surface area contributed by atoms with Crippen LogP contribution in [0.15, 0.2) is 42.6 Å². The van der Waals surface area contributed by atoms with Gasteiger partial charge in [0.1, 0.15) is 40.9 Å². The lowest BCUT2D eigenvalue weighted by Crippen LogP contribution is -2.59. The molecule has 16 heteroatoms. The van der Waals surface area contributed by atoms with Crippen LogP contribution in [0.25, 0.3) is 10.8 Å². The van der Waals surface area contributed by atoms with Gasteiger partial charge in [0, 0.05) is 23.9 Å². The summed E-state index contributed by atoms with van der Waals surface area (Å²) in [6.07, 6.45) is 5.11. The third-order valence-electron chi connectivity index (χ3n) is 10.8. The zero-order valence-corrected chi connectivity index (χ0v) is 29.6. The molecule has 3 heterocycles. The van der Waals surface area contributed by atoms with Gasteiger partial charge in [0.2, 0.25) is 27.7 Å². The number of aromatic nitrogens is 1. The van der Waals surface area contributed by atoms with Crippen LogP contribution in [0.2, 0.25) is 0 Å². The Kier molecular flexibility index (Phi) is 9.92. The number of benzene rings is 1. The van der Waals surface area contributed by atoms with Gasteiger partial charge in [0.15, 0.2) is 0 Å². The fourth-order valence-corrected chi connectivity index (χ4v) is 8.82. The molecule has 1 aromatic heterocycles. The van der Waals surface area contributed by atoms with Gasteiger partial charge in [0.05, 0.1) is 13.7 Å². The van der Waals surface area contributed by atoms with Crippen molar-refractivity contribution in [3.63, 3.8) is 0 Å². The summed E-state index contributed by atoms with van der Waals surface area (Å²) in [7, 11) is -2.83. The van der Waals surface area contributed by atoms with Crippen molar-refractivity contribution in [3.8, 4) is 11.6 Å². The lowest BCUT2D eigenvalue weighted by atomic mass is 9.88. The molecule has 51 heavy (non-hydrogen) atoms. The van der Waals surface area contributed by atoms with Crippen molar-refractivity contribution in [3.05, 3.63) is 42.6 Å². The highest BCUT2D eigenvalue weighted by Gasteiger charge is 2.64. The van der Waals surface area contributed by atoms with Crippen molar-refractivity contribution in [2.75, 3.05) is 20.3 Å². The molecule has 7 atom stereocenters. The summed E-state index contributed by atoms with van der Waals surface area (Å²) in [5, 5.41) is 16.3. The van der Waals surface area contributed by atoms with E-state index in [1.807, 2.05) is 19.1 Å². The molecule has 0 bridgehead atoms. The number of rotatable bonds is 8. The molecule has 0 unspecified atom stereocenters. The van der Waals surface area contributed by atoms with Gasteiger partial charge in [-0.2, -0.15) is 0 Å². The van der Waals surface area contributed by atoms with Crippen molar-refractivity contribution >= 4 is 44.6 Å². The summed E-state index contributed by atoms with van der Waals surface area (Å²) >= 11 is 0. The zero-order valence-electron chi connectivity index (χ0n) is 28.8. The monoisotopic (exact) mass is 729 g/mol. The highest BCUT2D eigenvalue weighted by atomic mass is 32.2. The number of hydrogen-bond acceptors (Lipinski definition) is 9. The third kappa shape index (κ3) is 7.19. The molecule has 2 aromatic rings. The van der Waals surface area contributed by atoms with E-state index in [-0.39, 0.29) is 44.0 Å². The smallest absolute Gasteiger partial charge is 0.405 e. The van der Waals surface area contributed by atoms with Crippen molar-refractivity contribution in [2.45, 2.75) is 87.3 Å². The SMILES string of the molecule is COc1ccc2c(O[C@@H]3C[C@H]4C(=O)N[C@]5(C(=O)NS(=O)(=O)C6(CF)CC6)C[C@H]5C=CCC[C@H](C)C[C@@H](C)[C@H](NC(=O)O)C(=O)N4C3)nccc2c1. The number of alkyl halides is 1. The van der Waals surface area contributed by atoms with E-state index in [4.69, 9.17) is 9.47 Å². The molecule has 3 fully saturated rings. The minimum absolute atomic E-state index is 0.0299. The van der Waals surface area contributed by atoms with Crippen molar-refractivity contribution in [1.82, 2.24) is 25.2 Å². The van der Waals surface area contributed by atoms with Gasteiger partial charge < -0.3 is 30.1 Å². The number of carbonyl (C=O) groups excluding carboxylic acids is 3. The number of sulfonamides is 1. The van der Waals surface area contributed by atoms with Crippen LogP contribution in [0, 0.1) is 17.8 Å². The first kappa shape index (κ1) is 36.3. The standard InChI is InChI=1S/C35H44FN5O9S/c1-20-6-4-5-7-23-17-35(23,32(44)40-51(47,48)34(19-36)11-12-34)39-29(42)27-16-25(18-41(27)31(43)28(21(2)14-20)38-33(45)46)50-30-26-9-8-24(49-3)15-22(26)10-13-37-30/h5,7-10,13,15,20-21,23,25,27-28,38H,4,6,11-12,14,16-19H2,1-3H3,(H,39,42)(H,40,44)(H,45,46)/t20-,21+,23+,25+,27-,28-,35+/m0/s1. The maximum atomic E-state index is 14.3. The normalized spacial score (nSPS) is 30.5. The maximum absolute atomic E-state index is 14.3. The average Bonchev–Trinajstić information content (AvgIpc) is 3.99. The van der Waals surface area contributed by atoms with Crippen LogP contribution in [0.3, 0.4) is 0 Å². The second kappa shape index (κ2) is 13.9. The number of allylic oxidation sites excluding steroid dienone is 1. The molecule has 2 aliphatic heterocycles. The number of carbonyl (C=O) groups is 4. The Bertz CT molecular complexity index is 1850. The predicted molar refractivity (Wildman–Crippen MR) is 183 cm³/mol. The first-order valence-corrected chi connectivity index (χ1v) is 18.7. The number of methoxy groups -OCH3 is 1. The molecule has 1 saturated heterocycles.